The largest absolute Gasteiger partial charge is 0.297 e. The summed E-state index contributed by atoms with van der Waals surface area (Å²) in [6.07, 6.45) is 1.76. The van der Waals surface area contributed by atoms with Crippen molar-refractivity contribution in [3.63, 3.8) is 0 Å². The number of hydrogen-bond acceptors (Lipinski definition) is 3. The fourth-order valence-corrected chi connectivity index (χ4v) is 2.29. The number of carbonyl (C=O) groups excluding carboxylic acids is 1. The van der Waals surface area contributed by atoms with Gasteiger partial charge in [-0.25, -0.2) is 4.98 Å². The summed E-state index contributed by atoms with van der Waals surface area (Å²) < 4.78 is 1.37. The van der Waals surface area contributed by atoms with Gasteiger partial charge in [0.15, 0.2) is 5.78 Å². The van der Waals surface area contributed by atoms with Crippen molar-refractivity contribution >= 4 is 16.7 Å². The Balaban J connectivity index is 1.83. The minimum Gasteiger partial charge on any atom is -0.297 e. The molecule has 0 N–H and O–H groups in total. The van der Waals surface area contributed by atoms with Crippen molar-refractivity contribution in [1.82, 2.24) is 9.55 Å². The van der Waals surface area contributed by atoms with E-state index in [1.807, 2.05) is 36.4 Å². The molecular weight excluding hydrogens is 264 g/mol. The maximum Gasteiger partial charge on any atom is 0.261 e. The molecule has 1 aromatic heterocycles. The zero-order valence-electron chi connectivity index (χ0n) is 11.4. The first-order valence-corrected chi connectivity index (χ1v) is 6.74. The van der Waals surface area contributed by atoms with Crippen LogP contribution in [0.5, 0.6) is 0 Å². The maximum absolute atomic E-state index is 12.3. The van der Waals surface area contributed by atoms with Crippen molar-refractivity contribution in [2.75, 3.05) is 0 Å². The molecule has 0 aliphatic rings. The van der Waals surface area contributed by atoms with Crippen LogP contribution in [0.2, 0.25) is 0 Å². The number of rotatable bonds is 4. The molecule has 0 saturated carbocycles. The van der Waals surface area contributed by atoms with Gasteiger partial charge in [-0.2, -0.15) is 0 Å². The van der Waals surface area contributed by atoms with Crippen molar-refractivity contribution in [3.8, 4) is 0 Å². The van der Waals surface area contributed by atoms with Crippen LogP contribution in [0, 0.1) is 0 Å². The Morgan fingerprint density at radius 3 is 2.52 bits per heavy atom. The molecule has 0 amide bonds. The highest BCUT2D eigenvalue weighted by Gasteiger charge is 2.08. The normalized spacial score (nSPS) is 10.7. The average molecular weight is 278 g/mol. The maximum atomic E-state index is 12.3. The highest BCUT2D eigenvalue weighted by molar-refractivity contribution is 5.81. The zero-order valence-corrected chi connectivity index (χ0v) is 11.4. The number of nitrogens with zero attached hydrogens (tertiary/aromatic N) is 2. The molecule has 2 aromatic carbocycles. The molecule has 0 bridgehead atoms. The average Bonchev–Trinajstić information content (AvgIpc) is 2.51. The van der Waals surface area contributed by atoms with Gasteiger partial charge in [0, 0.05) is 6.42 Å². The highest BCUT2D eigenvalue weighted by Crippen LogP contribution is 2.05. The molecule has 3 aromatic rings. The fraction of sp³-hybridized carbons (Fsp3) is 0.118. The van der Waals surface area contributed by atoms with Crippen molar-refractivity contribution in [3.05, 3.63) is 76.8 Å². The second-order valence-electron chi connectivity index (χ2n) is 4.90. The van der Waals surface area contributed by atoms with Crippen molar-refractivity contribution < 1.29 is 4.79 Å². The van der Waals surface area contributed by atoms with Crippen LogP contribution in [-0.2, 0) is 17.8 Å². The lowest BCUT2D eigenvalue weighted by molar-refractivity contribution is -0.119. The quantitative estimate of drug-likeness (QED) is 0.735. The number of hydrogen-bond donors (Lipinski definition) is 0. The summed E-state index contributed by atoms with van der Waals surface area (Å²) in [5.74, 6) is -0.0135. The third kappa shape index (κ3) is 2.89. The molecule has 0 unspecified atom stereocenters. The first-order chi connectivity index (χ1) is 10.2. The van der Waals surface area contributed by atoms with Crippen molar-refractivity contribution in [1.29, 1.82) is 0 Å². The van der Waals surface area contributed by atoms with Crippen molar-refractivity contribution in [2.45, 2.75) is 13.0 Å². The van der Waals surface area contributed by atoms with Crippen LogP contribution in [0.3, 0.4) is 0 Å². The van der Waals surface area contributed by atoms with E-state index in [1.165, 1.54) is 10.9 Å². The molecule has 4 heteroatoms. The summed E-state index contributed by atoms with van der Waals surface area (Å²) in [7, 11) is 0. The highest BCUT2D eigenvalue weighted by atomic mass is 16.1. The molecule has 21 heavy (non-hydrogen) atoms. The second kappa shape index (κ2) is 5.71. The summed E-state index contributed by atoms with van der Waals surface area (Å²) in [5.41, 5.74) is 1.42. The van der Waals surface area contributed by atoms with E-state index in [0.29, 0.717) is 17.3 Å². The van der Waals surface area contributed by atoms with E-state index in [0.717, 1.165) is 5.56 Å². The van der Waals surface area contributed by atoms with Gasteiger partial charge in [0.2, 0.25) is 0 Å². The van der Waals surface area contributed by atoms with E-state index in [4.69, 9.17) is 0 Å². The molecule has 0 radical (unpaired) electrons. The minimum atomic E-state index is -0.179. The van der Waals surface area contributed by atoms with E-state index < -0.39 is 0 Å². The lowest BCUT2D eigenvalue weighted by atomic mass is 10.1. The van der Waals surface area contributed by atoms with Gasteiger partial charge in [0.05, 0.1) is 23.8 Å². The fourth-order valence-electron chi connectivity index (χ4n) is 2.29. The Labute approximate surface area is 121 Å². The van der Waals surface area contributed by atoms with Crippen LogP contribution in [0.15, 0.2) is 65.7 Å². The Hall–Kier alpha value is -2.75. The van der Waals surface area contributed by atoms with Crippen molar-refractivity contribution in [2.24, 2.45) is 0 Å². The number of para-hydroxylation sites is 1. The van der Waals surface area contributed by atoms with Crippen LogP contribution < -0.4 is 5.56 Å². The Morgan fingerprint density at radius 1 is 1.00 bits per heavy atom. The predicted octanol–water partition coefficient (Wildman–Crippen LogP) is 2.21. The molecule has 0 atom stereocenters. The SMILES string of the molecule is O=C(Cc1ccccc1)Cn1cnc2ccccc2c1=O. The third-order valence-electron chi connectivity index (χ3n) is 3.32. The molecule has 104 valence electrons. The first kappa shape index (κ1) is 13.2. The van der Waals surface area contributed by atoms with E-state index >= 15 is 0 Å². The Kier molecular flexibility index (Phi) is 3.60. The molecule has 0 fully saturated rings. The van der Waals surface area contributed by atoms with Crippen LogP contribution in [-0.4, -0.2) is 15.3 Å². The molecule has 1 heterocycles. The monoisotopic (exact) mass is 278 g/mol. The van der Waals surface area contributed by atoms with Crippen LogP contribution in [0.4, 0.5) is 0 Å². The lowest BCUT2D eigenvalue weighted by Crippen LogP contribution is -2.25. The molecule has 3 rings (SSSR count). The van der Waals surface area contributed by atoms with E-state index in [1.54, 1.807) is 18.2 Å². The zero-order chi connectivity index (χ0) is 14.7. The van der Waals surface area contributed by atoms with Crippen LogP contribution in [0.1, 0.15) is 5.56 Å². The smallest absolute Gasteiger partial charge is 0.261 e. The molecule has 4 nitrogen and oxygen atoms in total. The summed E-state index contributed by atoms with van der Waals surface area (Å²) in [6, 6.07) is 16.6. The van der Waals surface area contributed by atoms with Gasteiger partial charge in [-0.1, -0.05) is 42.5 Å². The number of ketones is 1. The van der Waals surface area contributed by atoms with Gasteiger partial charge in [0.1, 0.15) is 0 Å². The van der Waals surface area contributed by atoms with E-state index in [-0.39, 0.29) is 17.9 Å². The second-order valence-corrected chi connectivity index (χ2v) is 4.90. The number of benzene rings is 2. The molecule has 0 saturated heterocycles. The minimum absolute atomic E-state index is 0.0135. The number of carbonyl (C=O) groups is 1. The van der Waals surface area contributed by atoms with Gasteiger partial charge in [-0.05, 0) is 17.7 Å². The molecule has 0 aliphatic heterocycles. The summed E-state index contributed by atoms with van der Waals surface area (Å²) in [4.78, 5) is 28.6. The topological polar surface area (TPSA) is 52.0 Å². The van der Waals surface area contributed by atoms with Gasteiger partial charge >= 0.3 is 0 Å². The third-order valence-corrected chi connectivity index (χ3v) is 3.32. The van der Waals surface area contributed by atoms with E-state index in [9.17, 15) is 9.59 Å². The number of fused-ring (bicyclic) bond motifs is 1. The molecule has 0 spiro atoms. The van der Waals surface area contributed by atoms with Gasteiger partial charge < -0.3 is 0 Å². The van der Waals surface area contributed by atoms with E-state index in [2.05, 4.69) is 4.98 Å². The van der Waals surface area contributed by atoms with Gasteiger partial charge in [0.25, 0.3) is 5.56 Å². The van der Waals surface area contributed by atoms with Gasteiger partial charge in [-0.3, -0.25) is 14.2 Å². The number of Topliss-reactive ketones (excluding diaryl/α,β-unsaturated/α-hetero) is 1. The lowest BCUT2D eigenvalue weighted by Gasteiger charge is -2.06. The van der Waals surface area contributed by atoms with Crippen LogP contribution >= 0.6 is 0 Å². The first-order valence-electron chi connectivity index (χ1n) is 6.74. The standard InChI is InChI=1S/C17H14N2O2/c20-14(10-13-6-2-1-3-7-13)11-19-12-18-16-9-5-4-8-15(16)17(19)21/h1-9,12H,10-11H2. The van der Waals surface area contributed by atoms with Gasteiger partial charge in [-0.15, -0.1) is 0 Å². The Morgan fingerprint density at radius 2 is 1.71 bits per heavy atom. The predicted molar refractivity (Wildman–Crippen MR) is 81.2 cm³/mol. The summed E-state index contributed by atoms with van der Waals surface area (Å²) in [6.45, 7) is 0.0472. The molecule has 0 aliphatic carbocycles. The molecular formula is C17H14N2O2. The van der Waals surface area contributed by atoms with Crippen LogP contribution in [0.25, 0.3) is 10.9 Å². The summed E-state index contributed by atoms with van der Waals surface area (Å²) >= 11 is 0. The number of aromatic nitrogens is 2. The Bertz CT molecular complexity index is 838. The summed E-state index contributed by atoms with van der Waals surface area (Å²) in [5, 5.41) is 0.535.